The van der Waals surface area contributed by atoms with Gasteiger partial charge in [0.05, 0.1) is 30.5 Å². The van der Waals surface area contributed by atoms with Crippen molar-refractivity contribution in [3.8, 4) is 0 Å². The molecule has 1 saturated heterocycles. The van der Waals surface area contributed by atoms with Crippen LogP contribution in [-0.4, -0.2) is 68.3 Å². The number of guanidine groups is 1. The number of aryl methyl sites for hydroxylation is 2. The van der Waals surface area contributed by atoms with Gasteiger partial charge in [0.15, 0.2) is 5.96 Å². The lowest BCUT2D eigenvalue weighted by Crippen LogP contribution is -2.40. The molecule has 7 heteroatoms. The van der Waals surface area contributed by atoms with Crippen LogP contribution in [0.15, 0.2) is 4.99 Å². The molecule has 1 aromatic rings. The van der Waals surface area contributed by atoms with Crippen molar-refractivity contribution in [1.29, 1.82) is 0 Å². The summed E-state index contributed by atoms with van der Waals surface area (Å²) in [4.78, 5) is 12.9. The van der Waals surface area contributed by atoms with Crippen LogP contribution in [0.1, 0.15) is 22.5 Å². The third-order valence-electron chi connectivity index (χ3n) is 3.78. The van der Waals surface area contributed by atoms with Gasteiger partial charge in [-0.15, -0.1) is 11.3 Å². The quantitative estimate of drug-likeness (QED) is 0.577. The predicted octanol–water partition coefficient (Wildman–Crippen LogP) is 1.19. The van der Waals surface area contributed by atoms with Gasteiger partial charge >= 0.3 is 0 Å². The first-order valence-corrected chi connectivity index (χ1v) is 9.26. The Morgan fingerprint density at radius 2 is 2.09 bits per heavy atom. The molecule has 1 fully saturated rings. The molecule has 1 aromatic heterocycles. The monoisotopic (exact) mass is 339 g/mol. The number of aliphatic imine (C=N–C) groups is 1. The van der Waals surface area contributed by atoms with Crippen LogP contribution >= 0.6 is 11.3 Å². The largest absolute Gasteiger partial charge is 0.379 e. The predicted molar refractivity (Wildman–Crippen MR) is 96.5 cm³/mol. The van der Waals surface area contributed by atoms with E-state index in [-0.39, 0.29) is 0 Å². The molecule has 1 aliphatic heterocycles. The van der Waals surface area contributed by atoms with E-state index in [0.29, 0.717) is 0 Å². The number of nitrogens with one attached hydrogen (secondary N) is 2. The molecule has 0 aromatic carbocycles. The number of ether oxygens (including phenoxy) is 1. The standard InChI is InChI=1S/C16H29N5OS/c1-4-17-16(19-7-8-21-9-11-22-12-10-21)18-6-5-15-13(2)20-14(3)23-15/h4-12H2,1-3H3,(H2,17,18,19). The van der Waals surface area contributed by atoms with Crippen LogP contribution in [0.2, 0.25) is 0 Å². The zero-order valence-electron chi connectivity index (χ0n) is 14.5. The van der Waals surface area contributed by atoms with Gasteiger partial charge in [-0.05, 0) is 20.8 Å². The first kappa shape index (κ1) is 18.2. The van der Waals surface area contributed by atoms with Gasteiger partial charge in [0, 0.05) is 44.0 Å². The summed E-state index contributed by atoms with van der Waals surface area (Å²) in [5, 5.41) is 7.87. The zero-order chi connectivity index (χ0) is 16.5. The minimum atomic E-state index is 0.814. The van der Waals surface area contributed by atoms with Crippen LogP contribution in [0.5, 0.6) is 0 Å². The Hall–Kier alpha value is -1.18. The molecule has 1 aliphatic rings. The van der Waals surface area contributed by atoms with E-state index in [4.69, 9.17) is 4.74 Å². The highest BCUT2D eigenvalue weighted by molar-refractivity contribution is 7.11. The minimum absolute atomic E-state index is 0.814. The molecule has 0 bridgehead atoms. The number of morpholine rings is 1. The Bertz CT molecular complexity index is 497. The second-order valence-electron chi connectivity index (χ2n) is 5.63. The molecule has 0 atom stereocenters. The van der Waals surface area contributed by atoms with Crippen molar-refractivity contribution in [2.45, 2.75) is 27.2 Å². The second-order valence-corrected chi connectivity index (χ2v) is 6.92. The molecule has 2 rings (SSSR count). The van der Waals surface area contributed by atoms with E-state index >= 15 is 0 Å². The summed E-state index contributed by atoms with van der Waals surface area (Å²) in [5.74, 6) is 0.902. The fourth-order valence-electron chi connectivity index (χ4n) is 2.57. The number of thiazole rings is 1. The van der Waals surface area contributed by atoms with Crippen molar-refractivity contribution in [2.24, 2.45) is 4.99 Å². The van der Waals surface area contributed by atoms with Crippen LogP contribution in [0, 0.1) is 13.8 Å². The van der Waals surface area contributed by atoms with E-state index in [0.717, 1.165) is 75.6 Å². The smallest absolute Gasteiger partial charge is 0.191 e. The van der Waals surface area contributed by atoms with E-state index in [9.17, 15) is 0 Å². The van der Waals surface area contributed by atoms with Gasteiger partial charge in [0.1, 0.15) is 0 Å². The van der Waals surface area contributed by atoms with E-state index in [1.807, 2.05) is 0 Å². The van der Waals surface area contributed by atoms with Gasteiger partial charge in [-0.1, -0.05) is 0 Å². The lowest BCUT2D eigenvalue weighted by atomic mass is 10.3. The summed E-state index contributed by atoms with van der Waals surface area (Å²) in [5.41, 5.74) is 1.16. The Morgan fingerprint density at radius 1 is 1.30 bits per heavy atom. The first-order valence-electron chi connectivity index (χ1n) is 8.44. The summed E-state index contributed by atoms with van der Waals surface area (Å²) in [6, 6.07) is 0. The van der Waals surface area contributed by atoms with Crippen LogP contribution in [0.25, 0.3) is 0 Å². The fourth-order valence-corrected chi connectivity index (χ4v) is 3.51. The van der Waals surface area contributed by atoms with Gasteiger partial charge in [-0.3, -0.25) is 9.89 Å². The Morgan fingerprint density at radius 3 is 2.74 bits per heavy atom. The van der Waals surface area contributed by atoms with Gasteiger partial charge in [0.25, 0.3) is 0 Å². The molecule has 6 nitrogen and oxygen atoms in total. The Balaban J connectivity index is 1.73. The van der Waals surface area contributed by atoms with Crippen molar-refractivity contribution >= 4 is 17.3 Å². The highest BCUT2D eigenvalue weighted by atomic mass is 32.1. The molecule has 0 spiro atoms. The Labute approximate surface area is 143 Å². The molecular formula is C16H29N5OS. The average Bonchev–Trinajstić information content (AvgIpc) is 2.86. The van der Waals surface area contributed by atoms with E-state index < -0.39 is 0 Å². The van der Waals surface area contributed by atoms with E-state index in [2.05, 4.69) is 46.3 Å². The minimum Gasteiger partial charge on any atom is -0.379 e. The summed E-state index contributed by atoms with van der Waals surface area (Å²) in [7, 11) is 0. The number of nitrogens with zero attached hydrogens (tertiary/aromatic N) is 3. The molecule has 0 aliphatic carbocycles. The lowest BCUT2D eigenvalue weighted by Gasteiger charge is -2.25. The maximum atomic E-state index is 5.37. The molecule has 0 radical (unpaired) electrons. The lowest BCUT2D eigenvalue weighted by molar-refractivity contribution is 0.0394. The van der Waals surface area contributed by atoms with Crippen molar-refractivity contribution < 1.29 is 4.74 Å². The maximum Gasteiger partial charge on any atom is 0.191 e. The van der Waals surface area contributed by atoms with Crippen LogP contribution in [0.4, 0.5) is 0 Å². The summed E-state index contributed by atoms with van der Waals surface area (Å²) >= 11 is 1.79. The summed E-state index contributed by atoms with van der Waals surface area (Å²) in [6.07, 6.45) is 0.991. The molecule has 0 saturated carbocycles. The number of hydrogen-bond acceptors (Lipinski definition) is 5. The molecule has 130 valence electrons. The highest BCUT2D eigenvalue weighted by Crippen LogP contribution is 2.16. The fraction of sp³-hybridized carbons (Fsp3) is 0.750. The van der Waals surface area contributed by atoms with E-state index in [1.165, 1.54) is 4.88 Å². The number of aromatic nitrogens is 1. The van der Waals surface area contributed by atoms with Crippen molar-refractivity contribution in [3.63, 3.8) is 0 Å². The van der Waals surface area contributed by atoms with Crippen molar-refractivity contribution in [1.82, 2.24) is 20.5 Å². The van der Waals surface area contributed by atoms with Gasteiger partial charge < -0.3 is 15.4 Å². The summed E-state index contributed by atoms with van der Waals surface area (Å²) in [6.45, 7) is 13.5. The van der Waals surface area contributed by atoms with Crippen LogP contribution in [0.3, 0.4) is 0 Å². The molecule has 2 N–H and O–H groups in total. The van der Waals surface area contributed by atoms with E-state index in [1.54, 1.807) is 11.3 Å². The van der Waals surface area contributed by atoms with Crippen molar-refractivity contribution in [2.75, 3.05) is 52.5 Å². The molecule has 0 unspecified atom stereocenters. The SMILES string of the molecule is CCNC(=NCCN1CCOCC1)NCCc1sc(C)nc1C. The number of rotatable bonds is 7. The molecule has 2 heterocycles. The average molecular weight is 340 g/mol. The zero-order valence-corrected chi connectivity index (χ0v) is 15.3. The normalized spacial score (nSPS) is 16.6. The number of hydrogen-bond donors (Lipinski definition) is 2. The van der Waals surface area contributed by atoms with Crippen LogP contribution in [-0.2, 0) is 11.2 Å². The molecule has 0 amide bonds. The van der Waals surface area contributed by atoms with Gasteiger partial charge in [0.2, 0.25) is 0 Å². The Kier molecular flexibility index (Phi) is 7.78. The molecular weight excluding hydrogens is 310 g/mol. The third-order valence-corrected chi connectivity index (χ3v) is 4.91. The maximum absolute atomic E-state index is 5.37. The second kappa shape index (κ2) is 9.85. The topological polar surface area (TPSA) is 61.8 Å². The highest BCUT2D eigenvalue weighted by Gasteiger charge is 2.09. The van der Waals surface area contributed by atoms with Gasteiger partial charge in [-0.25, -0.2) is 4.98 Å². The molecule has 23 heavy (non-hydrogen) atoms. The summed E-state index contributed by atoms with van der Waals surface area (Å²) < 4.78 is 5.37. The van der Waals surface area contributed by atoms with Crippen LogP contribution < -0.4 is 10.6 Å². The van der Waals surface area contributed by atoms with Crippen molar-refractivity contribution in [3.05, 3.63) is 15.6 Å². The third kappa shape index (κ3) is 6.45. The van der Waals surface area contributed by atoms with Gasteiger partial charge in [-0.2, -0.15) is 0 Å². The first-order chi connectivity index (χ1) is 11.2.